The van der Waals surface area contributed by atoms with Crippen LogP contribution in [-0.2, 0) is 23.0 Å². The van der Waals surface area contributed by atoms with Crippen LogP contribution in [0.1, 0.15) is 22.4 Å². The predicted octanol–water partition coefficient (Wildman–Crippen LogP) is 1.82. The Kier molecular flexibility index (Phi) is 5.04. The molecule has 3 N–H and O–H groups in total. The van der Waals surface area contributed by atoms with Crippen molar-refractivity contribution in [3.63, 3.8) is 0 Å². The first-order valence-electron chi connectivity index (χ1n) is 6.26. The Labute approximate surface area is 133 Å². The van der Waals surface area contributed by atoms with Crippen molar-refractivity contribution in [2.75, 3.05) is 0 Å². The van der Waals surface area contributed by atoms with E-state index in [0.29, 0.717) is 0 Å². The van der Waals surface area contributed by atoms with Crippen LogP contribution in [0.4, 0.5) is 0 Å². The molecule has 0 aliphatic heterocycles. The fraction of sp³-hybridized carbons (Fsp3) is 0.231. The number of aromatic nitrogens is 1. The number of rotatable bonds is 6. The first-order valence-corrected chi connectivity index (χ1v) is 8.97. The number of hydrogen-bond acceptors (Lipinski definition) is 5. The minimum Gasteiger partial charge on any atom is -0.388 e. The van der Waals surface area contributed by atoms with E-state index in [0.717, 1.165) is 11.3 Å². The summed E-state index contributed by atoms with van der Waals surface area (Å²) in [6.07, 6.45) is 2.39. The fourth-order valence-electron chi connectivity index (χ4n) is 1.74. The molecule has 21 heavy (non-hydrogen) atoms. The van der Waals surface area contributed by atoms with Gasteiger partial charge in [0.05, 0.1) is 0 Å². The Morgan fingerprint density at radius 3 is 2.71 bits per heavy atom. The minimum atomic E-state index is -3.70. The summed E-state index contributed by atoms with van der Waals surface area (Å²) in [7, 11) is -3.70. The molecule has 2 rings (SSSR count). The fourth-order valence-corrected chi connectivity index (χ4v) is 4.14. The van der Waals surface area contributed by atoms with E-state index in [2.05, 4.69) is 16.6 Å². The number of nitrogens with two attached hydrogens (primary N) is 1. The van der Waals surface area contributed by atoms with Crippen LogP contribution in [0.3, 0.4) is 0 Å². The number of pyridine rings is 1. The second kappa shape index (κ2) is 6.61. The second-order valence-electron chi connectivity index (χ2n) is 4.26. The van der Waals surface area contributed by atoms with Crippen molar-refractivity contribution in [1.29, 1.82) is 0 Å². The Hall–Kier alpha value is -1.35. The molecule has 0 bridgehead atoms. The van der Waals surface area contributed by atoms with Crippen molar-refractivity contribution in [3.05, 3.63) is 45.9 Å². The molecule has 0 spiro atoms. The van der Waals surface area contributed by atoms with E-state index in [4.69, 9.17) is 18.0 Å². The summed E-state index contributed by atoms with van der Waals surface area (Å²) >= 11 is 6.43. The van der Waals surface area contributed by atoms with Crippen LogP contribution in [0.2, 0.25) is 0 Å². The molecule has 8 heteroatoms. The highest BCUT2D eigenvalue weighted by Gasteiger charge is 2.20. The van der Waals surface area contributed by atoms with Crippen LogP contribution in [-0.4, -0.2) is 18.4 Å². The zero-order valence-corrected chi connectivity index (χ0v) is 13.8. The molecule has 0 aliphatic carbocycles. The number of aryl methyl sites for hydroxylation is 1. The van der Waals surface area contributed by atoms with Gasteiger partial charge in [0.1, 0.15) is 15.6 Å². The van der Waals surface area contributed by atoms with Crippen LogP contribution in [0, 0.1) is 0 Å². The van der Waals surface area contributed by atoms with Crippen LogP contribution in [0.5, 0.6) is 0 Å². The third-order valence-corrected chi connectivity index (χ3v) is 5.65. The maximum Gasteiger partial charge on any atom is 0.243 e. The molecule has 0 aliphatic rings. The van der Waals surface area contributed by atoms with Gasteiger partial charge in [-0.25, -0.2) is 13.1 Å². The van der Waals surface area contributed by atoms with Gasteiger partial charge in [-0.1, -0.05) is 19.1 Å². The molecule has 2 aromatic rings. The lowest BCUT2D eigenvalue weighted by Gasteiger charge is -2.09. The van der Waals surface area contributed by atoms with E-state index in [1.165, 1.54) is 23.2 Å². The van der Waals surface area contributed by atoms with Gasteiger partial charge in [0.15, 0.2) is 0 Å². The third-order valence-electron chi connectivity index (χ3n) is 2.80. The summed E-state index contributed by atoms with van der Waals surface area (Å²) in [6.45, 7) is 2.29. The largest absolute Gasteiger partial charge is 0.388 e. The van der Waals surface area contributed by atoms with Gasteiger partial charge in [-0.3, -0.25) is 4.98 Å². The van der Waals surface area contributed by atoms with Crippen molar-refractivity contribution in [2.45, 2.75) is 24.8 Å². The van der Waals surface area contributed by atoms with Crippen molar-refractivity contribution in [2.24, 2.45) is 5.73 Å². The minimum absolute atomic E-state index is 0.00442. The Bertz CT molecular complexity index is 754. The molecule has 0 radical (unpaired) electrons. The topological polar surface area (TPSA) is 85.1 Å². The first-order chi connectivity index (χ1) is 9.94. The highest BCUT2D eigenvalue weighted by atomic mass is 32.2. The molecule has 5 nitrogen and oxygen atoms in total. The summed E-state index contributed by atoms with van der Waals surface area (Å²) in [5.74, 6) is 0. The summed E-state index contributed by atoms with van der Waals surface area (Å²) in [5, 5.41) is 0. The van der Waals surface area contributed by atoms with E-state index < -0.39 is 10.0 Å². The maximum atomic E-state index is 12.3. The monoisotopic (exact) mass is 341 g/mol. The van der Waals surface area contributed by atoms with E-state index in [-0.39, 0.29) is 22.1 Å². The van der Waals surface area contributed by atoms with Gasteiger partial charge in [-0.2, -0.15) is 0 Å². The third kappa shape index (κ3) is 3.85. The molecule has 2 aromatic heterocycles. The molecular formula is C13H15N3O2S3. The van der Waals surface area contributed by atoms with E-state index in [1.807, 2.05) is 12.1 Å². The quantitative estimate of drug-likeness (QED) is 0.783. The van der Waals surface area contributed by atoms with E-state index in [1.54, 1.807) is 11.3 Å². The lowest BCUT2D eigenvalue weighted by Crippen LogP contribution is -2.26. The Morgan fingerprint density at radius 2 is 2.10 bits per heavy atom. The lowest BCUT2D eigenvalue weighted by atomic mass is 10.3. The molecule has 0 aromatic carbocycles. The van der Waals surface area contributed by atoms with Crippen molar-refractivity contribution in [3.8, 4) is 0 Å². The Balaban J connectivity index is 2.21. The highest BCUT2D eigenvalue weighted by molar-refractivity contribution is 7.89. The van der Waals surface area contributed by atoms with Crippen molar-refractivity contribution >= 4 is 38.6 Å². The second-order valence-corrected chi connectivity index (χ2v) is 7.69. The smallest absolute Gasteiger partial charge is 0.243 e. The van der Waals surface area contributed by atoms with E-state index >= 15 is 0 Å². The van der Waals surface area contributed by atoms with Gasteiger partial charge in [-0.15, -0.1) is 11.3 Å². The summed E-state index contributed by atoms with van der Waals surface area (Å²) in [4.78, 5) is 6.07. The van der Waals surface area contributed by atoms with Gasteiger partial charge in [0, 0.05) is 22.5 Å². The van der Waals surface area contributed by atoms with Crippen LogP contribution in [0.15, 0.2) is 35.4 Å². The predicted molar refractivity (Wildman–Crippen MR) is 87.8 cm³/mol. The highest BCUT2D eigenvalue weighted by Crippen LogP contribution is 2.18. The lowest BCUT2D eigenvalue weighted by molar-refractivity contribution is 0.581. The number of thiocarbonyl (C=S) groups is 1. The maximum absolute atomic E-state index is 12.3. The first kappa shape index (κ1) is 16.0. The van der Waals surface area contributed by atoms with E-state index in [9.17, 15) is 8.42 Å². The zero-order chi connectivity index (χ0) is 15.5. The van der Waals surface area contributed by atoms with Gasteiger partial charge in [-0.05, 0) is 30.7 Å². The van der Waals surface area contributed by atoms with Crippen LogP contribution >= 0.6 is 23.6 Å². The molecule has 0 atom stereocenters. The average Bonchev–Trinajstić information content (AvgIpc) is 2.93. The SMILES string of the molecule is CCc1ccc(CNS(=O)(=O)c2cccnc2C(N)=S)s1. The Morgan fingerprint density at radius 1 is 1.38 bits per heavy atom. The molecule has 0 saturated heterocycles. The molecular weight excluding hydrogens is 326 g/mol. The zero-order valence-electron chi connectivity index (χ0n) is 11.4. The van der Waals surface area contributed by atoms with Gasteiger partial charge < -0.3 is 5.73 Å². The van der Waals surface area contributed by atoms with Gasteiger partial charge in [0.25, 0.3) is 0 Å². The molecule has 0 fully saturated rings. The van der Waals surface area contributed by atoms with Gasteiger partial charge >= 0.3 is 0 Å². The standard InChI is InChI=1S/C13H15N3O2S3/c1-2-9-5-6-10(20-9)8-16-21(17,18)11-4-3-7-15-12(11)13(14)19/h3-7,16H,2,8H2,1H3,(H2,14,19). The normalized spacial score (nSPS) is 11.5. The molecule has 112 valence electrons. The van der Waals surface area contributed by atoms with Crippen LogP contribution < -0.4 is 10.5 Å². The van der Waals surface area contributed by atoms with Crippen molar-refractivity contribution in [1.82, 2.24) is 9.71 Å². The molecule has 0 unspecified atom stereocenters. The number of thiophene rings is 1. The molecule has 0 saturated carbocycles. The number of sulfonamides is 1. The van der Waals surface area contributed by atoms with Gasteiger partial charge in [0.2, 0.25) is 10.0 Å². The number of nitrogens with zero attached hydrogens (tertiary/aromatic N) is 1. The summed E-state index contributed by atoms with van der Waals surface area (Å²) in [5.41, 5.74) is 5.63. The van der Waals surface area contributed by atoms with Crippen molar-refractivity contribution < 1.29 is 8.42 Å². The van der Waals surface area contributed by atoms with Crippen LogP contribution in [0.25, 0.3) is 0 Å². The summed E-state index contributed by atoms with van der Waals surface area (Å²) in [6, 6.07) is 6.90. The number of nitrogens with one attached hydrogen (secondary N) is 1. The average molecular weight is 341 g/mol. The molecule has 2 heterocycles. The number of hydrogen-bond donors (Lipinski definition) is 2. The molecule has 0 amide bonds. The summed E-state index contributed by atoms with van der Waals surface area (Å²) < 4.78 is 27.2.